The molecule has 0 unspecified atom stereocenters. The maximum atomic E-state index is 13.0. The minimum atomic E-state index is -0.368. The van der Waals surface area contributed by atoms with E-state index in [0.717, 1.165) is 12.8 Å². The molecule has 2 saturated carbocycles. The van der Waals surface area contributed by atoms with Crippen LogP contribution in [0.1, 0.15) is 23.2 Å². The lowest BCUT2D eigenvalue weighted by atomic mass is 9.79. The summed E-state index contributed by atoms with van der Waals surface area (Å²) in [4.78, 5) is 38.0. The number of anilines is 2. The zero-order valence-electron chi connectivity index (χ0n) is 17.8. The van der Waals surface area contributed by atoms with Gasteiger partial charge >= 0.3 is 5.97 Å². The van der Waals surface area contributed by atoms with E-state index in [4.69, 9.17) is 14.2 Å². The van der Waals surface area contributed by atoms with Crippen LogP contribution in [0.3, 0.4) is 0 Å². The zero-order chi connectivity index (χ0) is 22.4. The number of ether oxygens (including phenoxy) is 3. The van der Waals surface area contributed by atoms with Crippen LogP contribution in [0, 0.1) is 23.7 Å². The van der Waals surface area contributed by atoms with Crippen molar-refractivity contribution in [1.82, 2.24) is 0 Å². The summed E-state index contributed by atoms with van der Waals surface area (Å²) in [6.07, 6.45) is 1.62. The standard InChI is InChI=1S/C24H24N2O6/c1-30-15-6-7-17(19(11-15)31-2)26-22(27)12-4-3-5-14(8-12)25-23(28)20-13-9-16-18(10-13)32-24(29)21(16)20/h3-8,11,13,16,18,20-21H,9-10H2,1-2H3,(H,25,28)(H,26,27)/t13-,16+,18+,20-,21-/m1/s1. The van der Waals surface area contributed by atoms with Crippen LogP contribution in [0.25, 0.3) is 0 Å². The molecule has 8 nitrogen and oxygen atoms in total. The quantitative estimate of drug-likeness (QED) is 0.675. The third-order valence-corrected chi connectivity index (χ3v) is 6.84. The minimum absolute atomic E-state index is 0.0106. The summed E-state index contributed by atoms with van der Waals surface area (Å²) >= 11 is 0. The first-order valence-electron chi connectivity index (χ1n) is 10.6. The van der Waals surface area contributed by atoms with Crippen molar-refractivity contribution in [2.75, 3.05) is 24.9 Å². The second kappa shape index (κ2) is 7.85. The van der Waals surface area contributed by atoms with E-state index < -0.39 is 0 Å². The van der Waals surface area contributed by atoms with E-state index in [2.05, 4.69) is 10.6 Å². The zero-order valence-corrected chi connectivity index (χ0v) is 17.8. The van der Waals surface area contributed by atoms with Gasteiger partial charge in [-0.1, -0.05) is 6.07 Å². The Morgan fingerprint density at radius 3 is 2.66 bits per heavy atom. The Kier molecular flexibility index (Phi) is 5.00. The minimum Gasteiger partial charge on any atom is -0.497 e. The summed E-state index contributed by atoms with van der Waals surface area (Å²) in [5.74, 6) is -0.0548. The lowest BCUT2D eigenvalue weighted by Gasteiger charge is -2.23. The van der Waals surface area contributed by atoms with Gasteiger partial charge in [0.2, 0.25) is 5.91 Å². The van der Waals surface area contributed by atoms with Crippen molar-refractivity contribution >= 4 is 29.2 Å². The Balaban J connectivity index is 1.29. The van der Waals surface area contributed by atoms with Gasteiger partial charge in [-0.2, -0.15) is 0 Å². The van der Waals surface area contributed by atoms with Gasteiger partial charge in [0.15, 0.2) is 0 Å². The molecule has 1 heterocycles. The van der Waals surface area contributed by atoms with Gasteiger partial charge in [0.25, 0.3) is 5.91 Å². The van der Waals surface area contributed by atoms with Crippen LogP contribution in [-0.2, 0) is 14.3 Å². The van der Waals surface area contributed by atoms with Gasteiger partial charge in [-0.3, -0.25) is 14.4 Å². The summed E-state index contributed by atoms with van der Waals surface area (Å²) in [6.45, 7) is 0. The fraction of sp³-hybridized carbons (Fsp3) is 0.375. The molecule has 5 rings (SSSR count). The van der Waals surface area contributed by atoms with Crippen molar-refractivity contribution in [3.63, 3.8) is 0 Å². The van der Waals surface area contributed by atoms with Crippen molar-refractivity contribution in [3.05, 3.63) is 48.0 Å². The highest BCUT2D eigenvalue weighted by Crippen LogP contribution is 2.57. The van der Waals surface area contributed by atoms with Gasteiger partial charge in [-0.25, -0.2) is 0 Å². The van der Waals surface area contributed by atoms with E-state index in [1.165, 1.54) is 7.11 Å². The largest absolute Gasteiger partial charge is 0.497 e. The summed E-state index contributed by atoms with van der Waals surface area (Å²) in [6, 6.07) is 11.8. The second-order valence-corrected chi connectivity index (χ2v) is 8.51. The molecule has 1 saturated heterocycles. The number of nitrogens with one attached hydrogen (secondary N) is 2. The average molecular weight is 436 g/mol. The van der Waals surface area contributed by atoms with Gasteiger partial charge < -0.3 is 24.8 Å². The fourth-order valence-corrected chi connectivity index (χ4v) is 5.42. The maximum absolute atomic E-state index is 13.0. The van der Waals surface area contributed by atoms with Crippen LogP contribution in [0.4, 0.5) is 11.4 Å². The Hall–Kier alpha value is -3.55. The molecule has 32 heavy (non-hydrogen) atoms. The topological polar surface area (TPSA) is 103 Å². The van der Waals surface area contributed by atoms with Crippen LogP contribution < -0.4 is 20.1 Å². The van der Waals surface area contributed by atoms with Crippen molar-refractivity contribution in [1.29, 1.82) is 0 Å². The molecule has 2 amide bonds. The number of rotatable bonds is 6. The monoisotopic (exact) mass is 436 g/mol. The molecular weight excluding hydrogens is 412 g/mol. The van der Waals surface area contributed by atoms with E-state index in [-0.39, 0.29) is 47.6 Å². The van der Waals surface area contributed by atoms with Gasteiger partial charge in [0, 0.05) is 23.2 Å². The van der Waals surface area contributed by atoms with Gasteiger partial charge in [-0.05, 0) is 49.1 Å². The van der Waals surface area contributed by atoms with E-state index in [0.29, 0.717) is 28.4 Å². The van der Waals surface area contributed by atoms with Gasteiger partial charge in [0.1, 0.15) is 17.6 Å². The third-order valence-electron chi connectivity index (χ3n) is 6.84. The Morgan fingerprint density at radius 1 is 1.03 bits per heavy atom. The number of carbonyl (C=O) groups excluding carboxylic acids is 3. The van der Waals surface area contributed by atoms with Gasteiger partial charge in [-0.15, -0.1) is 0 Å². The number of methoxy groups -OCH3 is 2. The van der Waals surface area contributed by atoms with Crippen LogP contribution in [0.2, 0.25) is 0 Å². The molecule has 0 radical (unpaired) electrons. The second-order valence-electron chi connectivity index (χ2n) is 8.51. The molecule has 3 aliphatic rings. The molecule has 2 aromatic carbocycles. The first-order valence-corrected chi connectivity index (χ1v) is 10.6. The molecule has 166 valence electrons. The summed E-state index contributed by atoms with van der Waals surface area (Å²) in [7, 11) is 3.07. The normalized spacial score (nSPS) is 27.1. The number of hydrogen-bond donors (Lipinski definition) is 2. The Bertz CT molecular complexity index is 1100. The number of benzene rings is 2. The molecule has 2 aliphatic carbocycles. The maximum Gasteiger partial charge on any atom is 0.310 e. The number of amides is 2. The Labute approximate surface area is 185 Å². The number of carbonyl (C=O) groups is 3. The molecule has 1 aliphatic heterocycles. The van der Waals surface area contributed by atoms with E-state index in [9.17, 15) is 14.4 Å². The van der Waals surface area contributed by atoms with Crippen molar-refractivity contribution in [2.24, 2.45) is 23.7 Å². The summed E-state index contributed by atoms with van der Waals surface area (Å²) < 4.78 is 15.9. The highest BCUT2D eigenvalue weighted by Gasteiger charge is 2.63. The third kappa shape index (κ3) is 3.36. The molecule has 2 aromatic rings. The van der Waals surface area contributed by atoms with E-state index >= 15 is 0 Å². The highest BCUT2D eigenvalue weighted by atomic mass is 16.6. The first-order chi connectivity index (χ1) is 15.5. The highest BCUT2D eigenvalue weighted by molar-refractivity contribution is 6.06. The molecule has 5 atom stereocenters. The SMILES string of the molecule is COc1ccc(NC(=O)c2cccc(NC(=O)[C@@H]3[C@@H]4C[C@@H]5[C@H]3C(=O)O[C@H]5C4)c2)c(OC)c1. The molecule has 2 N–H and O–H groups in total. The Morgan fingerprint density at radius 2 is 1.88 bits per heavy atom. The number of fused-ring (bicyclic) bond motifs is 1. The van der Waals surface area contributed by atoms with Crippen molar-refractivity contribution in [3.8, 4) is 11.5 Å². The lowest BCUT2D eigenvalue weighted by Crippen LogP contribution is -2.35. The number of hydrogen-bond acceptors (Lipinski definition) is 6. The summed E-state index contributed by atoms with van der Waals surface area (Å²) in [5, 5.41) is 5.72. The van der Waals surface area contributed by atoms with Crippen LogP contribution in [0.15, 0.2) is 42.5 Å². The molecule has 2 bridgehead atoms. The van der Waals surface area contributed by atoms with Crippen LogP contribution in [-0.4, -0.2) is 38.1 Å². The van der Waals surface area contributed by atoms with Crippen LogP contribution >= 0.6 is 0 Å². The number of esters is 1. The lowest BCUT2D eigenvalue weighted by molar-refractivity contribution is -0.145. The van der Waals surface area contributed by atoms with Crippen molar-refractivity contribution < 1.29 is 28.6 Å². The van der Waals surface area contributed by atoms with Crippen molar-refractivity contribution in [2.45, 2.75) is 18.9 Å². The molecule has 0 spiro atoms. The van der Waals surface area contributed by atoms with E-state index in [1.54, 1.807) is 49.6 Å². The molecular formula is C24H24N2O6. The predicted molar refractivity (Wildman–Crippen MR) is 116 cm³/mol. The predicted octanol–water partition coefficient (Wildman–Crippen LogP) is 3.09. The molecule has 3 fully saturated rings. The van der Waals surface area contributed by atoms with Gasteiger partial charge in [0.05, 0.1) is 31.7 Å². The van der Waals surface area contributed by atoms with Crippen LogP contribution in [0.5, 0.6) is 11.5 Å². The molecule has 8 heteroatoms. The summed E-state index contributed by atoms with van der Waals surface area (Å²) in [5.41, 5.74) is 1.40. The fourth-order valence-electron chi connectivity index (χ4n) is 5.42. The van der Waals surface area contributed by atoms with E-state index in [1.807, 2.05) is 0 Å². The first kappa shape index (κ1) is 20.4. The average Bonchev–Trinajstić information content (AvgIpc) is 3.42. The smallest absolute Gasteiger partial charge is 0.310 e. The molecule has 0 aromatic heterocycles.